The molecule has 1 atom stereocenters. The highest BCUT2D eigenvalue weighted by molar-refractivity contribution is 7.13. The lowest BCUT2D eigenvalue weighted by atomic mass is 10.0. The van der Waals surface area contributed by atoms with Crippen molar-refractivity contribution in [3.63, 3.8) is 0 Å². The zero-order valence-corrected chi connectivity index (χ0v) is 18.1. The molecule has 0 spiro atoms. The molecule has 4 heterocycles. The number of aryl methyl sites for hydroxylation is 2. The fraction of sp³-hybridized carbons (Fsp3) is 0.478. The molecule has 7 heteroatoms. The van der Waals surface area contributed by atoms with Crippen LogP contribution in [0.25, 0.3) is 10.6 Å². The third-order valence-electron chi connectivity index (χ3n) is 6.52. The molecule has 6 nitrogen and oxygen atoms in total. The van der Waals surface area contributed by atoms with Gasteiger partial charge in [-0.15, -0.1) is 11.3 Å². The quantitative estimate of drug-likeness (QED) is 0.625. The normalized spacial score (nSPS) is 20.6. The molecule has 1 fully saturated rings. The summed E-state index contributed by atoms with van der Waals surface area (Å²) in [5.41, 5.74) is 5.10. The number of hydrogen-bond acceptors (Lipinski definition) is 6. The highest BCUT2D eigenvalue weighted by atomic mass is 32.1. The average molecular weight is 423 g/mol. The molecule has 0 N–H and O–H groups in total. The molecular formula is C23H26N4O2S. The van der Waals surface area contributed by atoms with Crippen molar-refractivity contribution < 1.29 is 9.47 Å². The van der Waals surface area contributed by atoms with E-state index >= 15 is 0 Å². The number of ether oxygens (including phenoxy) is 2. The van der Waals surface area contributed by atoms with Crippen LogP contribution in [-0.4, -0.2) is 39.3 Å². The van der Waals surface area contributed by atoms with Crippen LogP contribution in [0.15, 0.2) is 23.6 Å². The van der Waals surface area contributed by atoms with E-state index in [9.17, 15) is 0 Å². The molecule has 0 radical (unpaired) electrons. The molecule has 0 bridgehead atoms. The molecule has 2 aromatic heterocycles. The van der Waals surface area contributed by atoms with E-state index in [0.717, 1.165) is 53.8 Å². The molecule has 0 amide bonds. The number of likely N-dealkylation sites (tertiary alicyclic amines) is 1. The molecule has 0 unspecified atom stereocenters. The SMILES string of the molecule is Cc1nc2c(n1[C@@H]1CCN(Cc3csc(-c4ccc5c(c4)OCO5)n3)C1)CCCC2. The molecule has 156 valence electrons. The zero-order valence-electron chi connectivity index (χ0n) is 17.3. The number of rotatable bonds is 4. The lowest BCUT2D eigenvalue weighted by molar-refractivity contribution is 0.174. The monoisotopic (exact) mass is 422 g/mol. The smallest absolute Gasteiger partial charge is 0.231 e. The zero-order chi connectivity index (χ0) is 20.1. The summed E-state index contributed by atoms with van der Waals surface area (Å²) >= 11 is 1.70. The van der Waals surface area contributed by atoms with E-state index in [-0.39, 0.29) is 0 Å². The first-order valence-corrected chi connectivity index (χ1v) is 11.8. The lowest BCUT2D eigenvalue weighted by Gasteiger charge is -2.21. The van der Waals surface area contributed by atoms with Gasteiger partial charge in [-0.1, -0.05) is 0 Å². The highest BCUT2D eigenvalue weighted by Gasteiger charge is 2.29. The molecule has 2 aliphatic heterocycles. The number of benzene rings is 1. The number of nitrogens with zero attached hydrogens (tertiary/aromatic N) is 4. The third kappa shape index (κ3) is 3.20. The van der Waals surface area contributed by atoms with Crippen molar-refractivity contribution in [2.24, 2.45) is 0 Å². The third-order valence-corrected chi connectivity index (χ3v) is 7.46. The number of imidazole rings is 1. The first-order valence-electron chi connectivity index (χ1n) is 10.9. The summed E-state index contributed by atoms with van der Waals surface area (Å²) in [6, 6.07) is 6.61. The van der Waals surface area contributed by atoms with Gasteiger partial charge in [0.2, 0.25) is 6.79 Å². The van der Waals surface area contributed by atoms with E-state index in [1.54, 1.807) is 11.3 Å². The Labute approximate surface area is 180 Å². The first-order chi connectivity index (χ1) is 14.7. The van der Waals surface area contributed by atoms with Gasteiger partial charge >= 0.3 is 0 Å². The van der Waals surface area contributed by atoms with Crippen LogP contribution < -0.4 is 9.47 Å². The van der Waals surface area contributed by atoms with Gasteiger partial charge < -0.3 is 14.0 Å². The van der Waals surface area contributed by atoms with Crippen molar-refractivity contribution in [3.8, 4) is 22.1 Å². The van der Waals surface area contributed by atoms with Crippen molar-refractivity contribution in [1.29, 1.82) is 0 Å². The number of fused-ring (bicyclic) bond motifs is 2. The summed E-state index contributed by atoms with van der Waals surface area (Å²) in [5, 5.41) is 3.23. The highest BCUT2D eigenvalue weighted by Crippen LogP contribution is 2.37. The maximum Gasteiger partial charge on any atom is 0.231 e. The Bertz CT molecular complexity index is 1090. The topological polar surface area (TPSA) is 52.4 Å². The molecule has 3 aromatic rings. The van der Waals surface area contributed by atoms with Crippen molar-refractivity contribution in [3.05, 3.63) is 46.5 Å². The van der Waals surface area contributed by atoms with E-state index in [4.69, 9.17) is 19.4 Å². The minimum absolute atomic E-state index is 0.303. The molecule has 1 saturated heterocycles. The van der Waals surface area contributed by atoms with Crippen LogP contribution in [0.1, 0.15) is 48.2 Å². The predicted octanol–water partition coefficient (Wildman–Crippen LogP) is 4.37. The van der Waals surface area contributed by atoms with Gasteiger partial charge in [-0.25, -0.2) is 9.97 Å². The molecule has 3 aliphatic rings. The maximum atomic E-state index is 5.51. The van der Waals surface area contributed by atoms with E-state index < -0.39 is 0 Å². The maximum absolute atomic E-state index is 5.51. The Morgan fingerprint density at radius 3 is 3.00 bits per heavy atom. The van der Waals surface area contributed by atoms with E-state index in [2.05, 4.69) is 27.8 Å². The van der Waals surface area contributed by atoms with Crippen LogP contribution in [0.4, 0.5) is 0 Å². The second-order valence-corrected chi connectivity index (χ2v) is 9.38. The first kappa shape index (κ1) is 18.4. The molecule has 30 heavy (non-hydrogen) atoms. The van der Waals surface area contributed by atoms with Gasteiger partial charge in [0.05, 0.1) is 11.4 Å². The standard InChI is InChI=1S/C23H26N4O2S/c1-15-24-19-4-2-3-5-20(19)27(15)18-8-9-26(12-18)11-17-13-30-23(25-17)16-6-7-21-22(10-16)29-14-28-21/h6-7,10,13,18H,2-5,8-9,11-12,14H2,1H3/t18-/m1/s1. The van der Waals surface area contributed by atoms with Crippen molar-refractivity contribution in [2.75, 3.05) is 19.9 Å². The van der Waals surface area contributed by atoms with Gasteiger partial charge in [0.25, 0.3) is 0 Å². The fourth-order valence-corrected chi connectivity index (χ4v) is 5.93. The summed E-state index contributed by atoms with van der Waals surface area (Å²) in [7, 11) is 0. The predicted molar refractivity (Wildman–Crippen MR) is 116 cm³/mol. The van der Waals surface area contributed by atoms with Gasteiger partial charge in [0.15, 0.2) is 11.5 Å². The molecule has 0 saturated carbocycles. The van der Waals surface area contributed by atoms with Gasteiger partial charge in [-0.2, -0.15) is 0 Å². The van der Waals surface area contributed by atoms with Gasteiger partial charge in [0.1, 0.15) is 10.8 Å². The molecule has 6 rings (SSSR count). The second kappa shape index (κ2) is 7.39. The number of hydrogen-bond donors (Lipinski definition) is 0. The fourth-order valence-electron chi connectivity index (χ4n) is 5.12. The van der Waals surface area contributed by atoms with Gasteiger partial charge in [-0.05, 0) is 57.2 Å². The average Bonchev–Trinajstić information content (AvgIpc) is 3.53. The van der Waals surface area contributed by atoms with Gasteiger partial charge in [0, 0.05) is 42.3 Å². The Morgan fingerprint density at radius 1 is 1.13 bits per heavy atom. The second-order valence-electron chi connectivity index (χ2n) is 8.52. The summed E-state index contributed by atoms with van der Waals surface area (Å²) < 4.78 is 13.5. The molecule has 1 aliphatic carbocycles. The minimum atomic E-state index is 0.303. The largest absolute Gasteiger partial charge is 0.454 e. The Balaban J connectivity index is 1.15. The summed E-state index contributed by atoms with van der Waals surface area (Å²) in [6.45, 7) is 5.60. The summed E-state index contributed by atoms with van der Waals surface area (Å²) in [6.07, 6.45) is 6.13. The summed E-state index contributed by atoms with van der Waals surface area (Å²) in [4.78, 5) is 12.3. The minimum Gasteiger partial charge on any atom is -0.454 e. The Hall–Kier alpha value is -2.38. The van der Waals surface area contributed by atoms with E-state index in [1.807, 2.05) is 12.1 Å². The Morgan fingerprint density at radius 2 is 2.03 bits per heavy atom. The summed E-state index contributed by atoms with van der Waals surface area (Å²) in [5.74, 6) is 2.83. The van der Waals surface area contributed by atoms with Crippen molar-refractivity contribution in [2.45, 2.75) is 51.6 Å². The van der Waals surface area contributed by atoms with Crippen LogP contribution in [0.3, 0.4) is 0 Å². The van der Waals surface area contributed by atoms with Crippen LogP contribution in [0, 0.1) is 6.92 Å². The number of thiazole rings is 1. The van der Waals surface area contributed by atoms with Gasteiger partial charge in [-0.3, -0.25) is 4.90 Å². The van der Waals surface area contributed by atoms with E-state index in [1.165, 1.54) is 42.9 Å². The van der Waals surface area contributed by atoms with Crippen LogP contribution in [0.2, 0.25) is 0 Å². The number of aromatic nitrogens is 3. The lowest BCUT2D eigenvalue weighted by Crippen LogP contribution is -2.23. The Kier molecular flexibility index (Phi) is 4.53. The van der Waals surface area contributed by atoms with Crippen LogP contribution >= 0.6 is 11.3 Å². The van der Waals surface area contributed by atoms with E-state index in [0.29, 0.717) is 12.8 Å². The molecule has 1 aromatic carbocycles. The molecular weight excluding hydrogens is 396 g/mol. The van der Waals surface area contributed by atoms with Crippen LogP contribution in [-0.2, 0) is 19.4 Å². The van der Waals surface area contributed by atoms with Crippen LogP contribution in [0.5, 0.6) is 11.5 Å². The van der Waals surface area contributed by atoms with Crippen molar-refractivity contribution >= 4 is 11.3 Å². The van der Waals surface area contributed by atoms with Crippen molar-refractivity contribution in [1.82, 2.24) is 19.4 Å².